The van der Waals surface area contributed by atoms with Gasteiger partial charge in [-0.3, -0.25) is 9.59 Å². The Morgan fingerprint density at radius 2 is 1.76 bits per heavy atom. The highest BCUT2D eigenvalue weighted by Crippen LogP contribution is 2.53. The number of halogens is 1. The van der Waals surface area contributed by atoms with Crippen LogP contribution < -0.4 is 14.2 Å². The molecule has 1 aromatic carbocycles. The number of ketones is 2. The Balaban J connectivity index is 2.23. The Bertz CT molecular complexity index is 812. The van der Waals surface area contributed by atoms with Gasteiger partial charge in [0.15, 0.2) is 5.75 Å². The van der Waals surface area contributed by atoms with Crippen molar-refractivity contribution >= 4 is 23.2 Å². The first-order valence-electron chi connectivity index (χ1n) is 7.80. The largest absolute Gasteiger partial charge is 0.501 e. The number of benzene rings is 1. The summed E-state index contributed by atoms with van der Waals surface area (Å²) in [6.45, 7) is 3.42. The highest BCUT2D eigenvalue weighted by atomic mass is 35.5. The van der Waals surface area contributed by atoms with Crippen molar-refractivity contribution in [3.8, 4) is 17.2 Å². The Hall–Kier alpha value is -2.21. The number of carbonyl (C=O) groups excluding carboxylic acids is 2. The number of methoxy groups -OCH3 is 3. The molecule has 2 aliphatic rings. The van der Waals surface area contributed by atoms with Crippen LogP contribution in [0.3, 0.4) is 0 Å². The molecule has 1 aromatic rings. The molecule has 0 saturated carbocycles. The van der Waals surface area contributed by atoms with Crippen molar-refractivity contribution in [2.24, 2.45) is 5.92 Å². The normalized spacial score (nSPS) is 25.1. The van der Waals surface area contributed by atoms with E-state index in [0.29, 0.717) is 23.5 Å². The van der Waals surface area contributed by atoms with Gasteiger partial charge in [-0.25, -0.2) is 0 Å². The minimum Gasteiger partial charge on any atom is -0.501 e. The predicted octanol–water partition coefficient (Wildman–Crippen LogP) is 3.20. The number of allylic oxidation sites excluding steroid dienone is 1. The average Bonchev–Trinajstić information content (AvgIpc) is 2.92. The Morgan fingerprint density at radius 3 is 2.32 bits per heavy atom. The van der Waals surface area contributed by atoms with Crippen LogP contribution in [0.15, 0.2) is 17.4 Å². The summed E-state index contributed by atoms with van der Waals surface area (Å²) in [5.74, 6) is -0.0364. The van der Waals surface area contributed by atoms with Gasteiger partial charge in [0.25, 0.3) is 0 Å². The lowest BCUT2D eigenvalue weighted by Gasteiger charge is -2.36. The van der Waals surface area contributed by atoms with Gasteiger partial charge in [-0.2, -0.15) is 0 Å². The highest BCUT2D eigenvalue weighted by molar-refractivity contribution is 6.36. The summed E-state index contributed by atoms with van der Waals surface area (Å²) in [5, 5.41) is 0.141. The number of carbonyl (C=O) groups is 2. The van der Waals surface area contributed by atoms with E-state index in [-0.39, 0.29) is 22.1 Å². The van der Waals surface area contributed by atoms with Crippen molar-refractivity contribution in [2.75, 3.05) is 21.3 Å². The van der Waals surface area contributed by atoms with E-state index in [1.165, 1.54) is 27.4 Å². The van der Waals surface area contributed by atoms with Gasteiger partial charge in [-0.05, 0) is 6.92 Å². The van der Waals surface area contributed by atoms with Gasteiger partial charge in [0.1, 0.15) is 27.8 Å². The van der Waals surface area contributed by atoms with Crippen LogP contribution in [0.1, 0.15) is 30.6 Å². The third kappa shape index (κ3) is 2.16. The van der Waals surface area contributed by atoms with Crippen molar-refractivity contribution in [1.82, 2.24) is 0 Å². The molecule has 0 N–H and O–H groups in total. The zero-order valence-corrected chi connectivity index (χ0v) is 15.4. The van der Waals surface area contributed by atoms with E-state index in [2.05, 4.69) is 0 Å². The molecule has 0 amide bonds. The summed E-state index contributed by atoms with van der Waals surface area (Å²) in [6, 6.07) is 1.52. The molecule has 1 aliphatic heterocycles. The van der Waals surface area contributed by atoms with Crippen molar-refractivity contribution in [3.63, 3.8) is 0 Å². The third-order valence-corrected chi connectivity index (χ3v) is 5.30. The van der Waals surface area contributed by atoms with Crippen LogP contribution >= 0.6 is 11.6 Å². The maximum Gasteiger partial charge on any atom is 0.236 e. The molecule has 0 radical (unpaired) electrons. The highest BCUT2D eigenvalue weighted by Gasteiger charge is 2.61. The fourth-order valence-electron chi connectivity index (χ4n) is 3.52. The van der Waals surface area contributed by atoms with Crippen LogP contribution in [0, 0.1) is 5.92 Å². The number of rotatable bonds is 3. The second-order valence-electron chi connectivity index (χ2n) is 6.15. The van der Waals surface area contributed by atoms with Gasteiger partial charge in [0, 0.05) is 24.0 Å². The molecule has 1 aliphatic carbocycles. The minimum atomic E-state index is -1.66. The van der Waals surface area contributed by atoms with Crippen LogP contribution in [0.5, 0.6) is 17.2 Å². The molecule has 6 nitrogen and oxygen atoms in total. The quantitative estimate of drug-likeness (QED) is 0.765. The molecule has 7 heteroatoms. The second kappa shape index (κ2) is 5.95. The number of hydrogen-bond acceptors (Lipinski definition) is 6. The fourth-order valence-corrected chi connectivity index (χ4v) is 3.78. The molecule has 3 rings (SSSR count). The summed E-state index contributed by atoms with van der Waals surface area (Å²) in [7, 11) is 4.39. The molecule has 2 atom stereocenters. The van der Waals surface area contributed by atoms with E-state index in [1.54, 1.807) is 13.8 Å². The first-order chi connectivity index (χ1) is 11.8. The average molecular weight is 367 g/mol. The Kier molecular flexibility index (Phi) is 4.19. The van der Waals surface area contributed by atoms with E-state index in [0.717, 1.165) is 0 Å². The summed E-state index contributed by atoms with van der Waals surface area (Å²) in [5.41, 5.74) is -1.11. The lowest BCUT2D eigenvalue weighted by atomic mass is 9.72. The van der Waals surface area contributed by atoms with Gasteiger partial charge in [0.05, 0.1) is 21.3 Å². The summed E-state index contributed by atoms with van der Waals surface area (Å²) in [4.78, 5) is 26.4. The first kappa shape index (κ1) is 17.6. The van der Waals surface area contributed by atoms with E-state index in [1.807, 2.05) is 0 Å². The molecule has 134 valence electrons. The molecule has 1 spiro atoms. The Morgan fingerprint density at radius 1 is 1.12 bits per heavy atom. The molecule has 0 saturated heterocycles. The number of Topliss-reactive ketones (excluding diaryl/α,β-unsaturated/α-hetero) is 2. The lowest BCUT2D eigenvalue weighted by molar-refractivity contribution is -0.131. The fraction of sp³-hybridized carbons (Fsp3) is 0.444. The Labute approximate surface area is 150 Å². The molecule has 2 unspecified atom stereocenters. The SMILES string of the molecule is COC1=C(C)C(=O)C2(Oc3c(Cl)c(OC)cc(OC)c3C2=O)C(C)C1. The first-order valence-corrected chi connectivity index (χ1v) is 8.18. The zero-order valence-electron chi connectivity index (χ0n) is 14.7. The topological polar surface area (TPSA) is 71.1 Å². The van der Waals surface area contributed by atoms with Crippen LogP contribution in [0.4, 0.5) is 0 Å². The van der Waals surface area contributed by atoms with Crippen LogP contribution in [0.2, 0.25) is 5.02 Å². The van der Waals surface area contributed by atoms with Crippen molar-refractivity contribution in [2.45, 2.75) is 25.9 Å². The van der Waals surface area contributed by atoms with Gasteiger partial charge in [0.2, 0.25) is 17.2 Å². The standard InChI is InChI=1S/C18H19ClO6/c1-8-6-10(22-3)9(2)16(20)18(8)17(21)13-11(23-4)7-12(24-5)14(19)15(13)25-18/h7-8H,6H2,1-5H3. The molecule has 25 heavy (non-hydrogen) atoms. The number of hydrogen-bond donors (Lipinski definition) is 0. The smallest absolute Gasteiger partial charge is 0.236 e. The van der Waals surface area contributed by atoms with Gasteiger partial charge >= 0.3 is 0 Å². The lowest BCUT2D eigenvalue weighted by Crippen LogP contribution is -2.56. The van der Waals surface area contributed by atoms with Gasteiger partial charge in [-0.1, -0.05) is 18.5 Å². The summed E-state index contributed by atoms with van der Waals surface area (Å²) in [6.07, 6.45) is 0.408. The van der Waals surface area contributed by atoms with Crippen LogP contribution in [-0.4, -0.2) is 38.5 Å². The van der Waals surface area contributed by atoms with E-state index in [4.69, 9.17) is 30.5 Å². The molecule has 1 heterocycles. The van der Waals surface area contributed by atoms with E-state index in [9.17, 15) is 9.59 Å². The summed E-state index contributed by atoms with van der Waals surface area (Å²) < 4.78 is 21.8. The number of fused-ring (bicyclic) bond motifs is 1. The zero-order chi connectivity index (χ0) is 18.5. The maximum atomic E-state index is 13.3. The molecular weight excluding hydrogens is 348 g/mol. The van der Waals surface area contributed by atoms with Gasteiger partial charge in [-0.15, -0.1) is 0 Å². The molecule has 0 bridgehead atoms. The maximum absolute atomic E-state index is 13.3. The minimum absolute atomic E-state index is 0.122. The molecule has 0 fully saturated rings. The predicted molar refractivity (Wildman–Crippen MR) is 90.7 cm³/mol. The number of ether oxygens (including phenoxy) is 4. The monoisotopic (exact) mass is 366 g/mol. The molecular formula is C18H19ClO6. The second-order valence-corrected chi connectivity index (χ2v) is 6.53. The van der Waals surface area contributed by atoms with Crippen molar-refractivity contribution in [1.29, 1.82) is 0 Å². The molecule has 0 aromatic heterocycles. The van der Waals surface area contributed by atoms with Crippen molar-refractivity contribution in [3.05, 3.63) is 28.0 Å². The van der Waals surface area contributed by atoms with Crippen LogP contribution in [-0.2, 0) is 9.53 Å². The van der Waals surface area contributed by atoms with Crippen molar-refractivity contribution < 1.29 is 28.5 Å². The van der Waals surface area contributed by atoms with Crippen LogP contribution in [0.25, 0.3) is 0 Å². The van der Waals surface area contributed by atoms with E-state index >= 15 is 0 Å². The van der Waals surface area contributed by atoms with Gasteiger partial charge < -0.3 is 18.9 Å². The third-order valence-electron chi connectivity index (χ3n) is 4.95. The summed E-state index contributed by atoms with van der Waals surface area (Å²) >= 11 is 6.33. The van der Waals surface area contributed by atoms with E-state index < -0.39 is 23.1 Å².